The Hall–Kier alpha value is -2.96. The first-order valence-electron chi connectivity index (χ1n) is 9.25. The van der Waals surface area contributed by atoms with Gasteiger partial charge in [0.05, 0.1) is 27.4 Å². The Balaban J connectivity index is 2.03. The molecule has 0 radical (unpaired) electrons. The minimum atomic E-state index is -0.377. The van der Waals surface area contributed by atoms with E-state index in [1.165, 1.54) is 6.07 Å². The zero-order chi connectivity index (χ0) is 20.4. The molecular formula is C21H28FN3O3. The van der Waals surface area contributed by atoms with Crippen LogP contribution < -0.4 is 24.8 Å². The highest BCUT2D eigenvalue weighted by Gasteiger charge is 2.07. The van der Waals surface area contributed by atoms with E-state index in [4.69, 9.17) is 14.2 Å². The Labute approximate surface area is 165 Å². The van der Waals surface area contributed by atoms with Gasteiger partial charge in [-0.25, -0.2) is 9.38 Å². The predicted octanol–water partition coefficient (Wildman–Crippen LogP) is 3.50. The maximum Gasteiger partial charge on any atom is 0.191 e. The standard InChI is InChI=1S/C21H28FN3O3/c1-5-23-21(24-13-15-7-9-18(28-6-2)17(22)11-15)25-14-16-8-10-19(26-3)20(12-16)27-4/h7-12H,5-6,13-14H2,1-4H3,(H2,23,24,25). The molecule has 0 spiro atoms. The molecule has 0 bridgehead atoms. The van der Waals surface area contributed by atoms with Gasteiger partial charge in [0, 0.05) is 13.1 Å². The van der Waals surface area contributed by atoms with Crippen LogP contribution in [-0.4, -0.2) is 33.3 Å². The van der Waals surface area contributed by atoms with Crippen molar-refractivity contribution in [2.24, 2.45) is 4.99 Å². The SMILES string of the molecule is CCNC(=NCc1ccc(OCC)c(F)c1)NCc1ccc(OC)c(OC)c1. The molecule has 6 nitrogen and oxygen atoms in total. The predicted molar refractivity (Wildman–Crippen MR) is 109 cm³/mol. The number of aliphatic imine (C=N–C) groups is 1. The number of nitrogens with zero attached hydrogens (tertiary/aromatic N) is 1. The van der Waals surface area contributed by atoms with E-state index in [1.54, 1.807) is 20.3 Å². The molecule has 2 aromatic carbocycles. The summed E-state index contributed by atoms with van der Waals surface area (Å²) in [5, 5.41) is 6.45. The average molecular weight is 389 g/mol. The molecule has 0 amide bonds. The highest BCUT2D eigenvalue weighted by atomic mass is 19.1. The Morgan fingerprint density at radius 3 is 2.29 bits per heavy atom. The topological polar surface area (TPSA) is 64.1 Å². The Bertz CT molecular complexity index is 796. The molecule has 2 rings (SSSR count). The molecule has 0 saturated heterocycles. The van der Waals surface area contributed by atoms with Crippen molar-refractivity contribution in [2.75, 3.05) is 27.4 Å². The number of nitrogens with one attached hydrogen (secondary N) is 2. The van der Waals surface area contributed by atoms with Gasteiger partial charge in [-0.15, -0.1) is 0 Å². The summed E-state index contributed by atoms with van der Waals surface area (Å²) in [6.45, 7) is 5.87. The number of guanidine groups is 1. The van der Waals surface area contributed by atoms with Crippen molar-refractivity contribution in [3.05, 3.63) is 53.3 Å². The molecule has 7 heteroatoms. The normalized spacial score (nSPS) is 11.1. The summed E-state index contributed by atoms with van der Waals surface area (Å²) in [4.78, 5) is 4.52. The number of hydrogen-bond donors (Lipinski definition) is 2. The van der Waals surface area contributed by atoms with Crippen LogP contribution in [0, 0.1) is 5.82 Å². The van der Waals surface area contributed by atoms with Crippen LogP contribution in [-0.2, 0) is 13.1 Å². The van der Waals surface area contributed by atoms with E-state index in [0.717, 1.165) is 17.7 Å². The quantitative estimate of drug-likeness (QED) is 0.508. The zero-order valence-corrected chi connectivity index (χ0v) is 16.8. The third-order valence-corrected chi connectivity index (χ3v) is 3.97. The number of methoxy groups -OCH3 is 2. The van der Waals surface area contributed by atoms with Crippen LogP contribution in [0.15, 0.2) is 41.4 Å². The van der Waals surface area contributed by atoms with Gasteiger partial charge in [0.2, 0.25) is 0 Å². The molecule has 2 N–H and O–H groups in total. The summed E-state index contributed by atoms with van der Waals surface area (Å²) in [7, 11) is 3.21. The van der Waals surface area contributed by atoms with Crippen molar-refractivity contribution in [1.82, 2.24) is 10.6 Å². The first-order chi connectivity index (χ1) is 13.6. The molecule has 152 valence electrons. The molecular weight excluding hydrogens is 361 g/mol. The van der Waals surface area contributed by atoms with Crippen LogP contribution in [0.2, 0.25) is 0 Å². The fourth-order valence-electron chi connectivity index (χ4n) is 2.60. The molecule has 0 atom stereocenters. The molecule has 0 unspecified atom stereocenters. The minimum absolute atomic E-state index is 0.258. The van der Waals surface area contributed by atoms with E-state index in [1.807, 2.05) is 38.1 Å². The highest BCUT2D eigenvalue weighted by Crippen LogP contribution is 2.27. The maximum atomic E-state index is 14.0. The fourth-order valence-corrected chi connectivity index (χ4v) is 2.60. The second kappa shape index (κ2) is 11.0. The third-order valence-electron chi connectivity index (χ3n) is 3.97. The lowest BCUT2D eigenvalue weighted by molar-refractivity contribution is 0.321. The van der Waals surface area contributed by atoms with Gasteiger partial charge in [0.1, 0.15) is 0 Å². The van der Waals surface area contributed by atoms with Gasteiger partial charge in [-0.2, -0.15) is 0 Å². The Morgan fingerprint density at radius 1 is 0.929 bits per heavy atom. The summed E-state index contributed by atoms with van der Waals surface area (Å²) in [6.07, 6.45) is 0. The number of hydrogen-bond acceptors (Lipinski definition) is 4. The molecule has 28 heavy (non-hydrogen) atoms. The first-order valence-corrected chi connectivity index (χ1v) is 9.25. The Morgan fingerprint density at radius 2 is 1.64 bits per heavy atom. The van der Waals surface area contributed by atoms with Crippen LogP contribution in [0.1, 0.15) is 25.0 Å². The number of ether oxygens (including phenoxy) is 3. The number of halogens is 1. The van der Waals surface area contributed by atoms with E-state index < -0.39 is 0 Å². The fraction of sp³-hybridized carbons (Fsp3) is 0.381. The molecule has 2 aromatic rings. The Kier molecular flexibility index (Phi) is 8.39. The molecule has 0 heterocycles. The number of rotatable bonds is 9. The average Bonchev–Trinajstić information content (AvgIpc) is 2.71. The van der Waals surface area contributed by atoms with Crippen molar-refractivity contribution in [2.45, 2.75) is 26.9 Å². The van der Waals surface area contributed by atoms with Crippen LogP contribution in [0.5, 0.6) is 17.2 Å². The van der Waals surface area contributed by atoms with Crippen molar-refractivity contribution in [1.29, 1.82) is 0 Å². The lowest BCUT2D eigenvalue weighted by Crippen LogP contribution is -2.36. The van der Waals surface area contributed by atoms with Crippen LogP contribution in [0.4, 0.5) is 4.39 Å². The van der Waals surface area contributed by atoms with Crippen molar-refractivity contribution < 1.29 is 18.6 Å². The monoisotopic (exact) mass is 389 g/mol. The third kappa shape index (κ3) is 6.04. The lowest BCUT2D eigenvalue weighted by Gasteiger charge is -2.13. The van der Waals surface area contributed by atoms with Crippen molar-refractivity contribution in [3.63, 3.8) is 0 Å². The summed E-state index contributed by atoms with van der Waals surface area (Å²) in [5.74, 6) is 1.89. The molecule has 0 aliphatic heterocycles. The maximum absolute atomic E-state index is 14.0. The summed E-state index contributed by atoms with van der Waals surface area (Å²) >= 11 is 0. The van der Waals surface area contributed by atoms with Crippen LogP contribution in [0.25, 0.3) is 0 Å². The van der Waals surface area contributed by atoms with Gasteiger partial charge in [-0.05, 0) is 49.2 Å². The van der Waals surface area contributed by atoms with E-state index in [-0.39, 0.29) is 11.6 Å². The van der Waals surface area contributed by atoms with Crippen LogP contribution >= 0.6 is 0 Å². The van der Waals surface area contributed by atoms with E-state index in [9.17, 15) is 4.39 Å². The van der Waals surface area contributed by atoms with Gasteiger partial charge in [-0.3, -0.25) is 0 Å². The van der Waals surface area contributed by atoms with Gasteiger partial charge in [0.25, 0.3) is 0 Å². The van der Waals surface area contributed by atoms with E-state index in [0.29, 0.717) is 37.2 Å². The molecule has 0 aliphatic rings. The van der Waals surface area contributed by atoms with Gasteiger partial charge < -0.3 is 24.8 Å². The second-order valence-electron chi connectivity index (χ2n) is 5.94. The van der Waals surface area contributed by atoms with Gasteiger partial charge in [0.15, 0.2) is 29.0 Å². The largest absolute Gasteiger partial charge is 0.493 e. The number of benzene rings is 2. The molecule has 0 fully saturated rings. The van der Waals surface area contributed by atoms with Gasteiger partial charge in [-0.1, -0.05) is 12.1 Å². The van der Waals surface area contributed by atoms with Crippen molar-refractivity contribution >= 4 is 5.96 Å². The summed E-state index contributed by atoms with van der Waals surface area (Å²) in [6, 6.07) is 10.6. The highest BCUT2D eigenvalue weighted by molar-refractivity contribution is 5.79. The molecule has 0 saturated carbocycles. The summed E-state index contributed by atoms with van der Waals surface area (Å²) < 4.78 is 29.8. The second-order valence-corrected chi connectivity index (χ2v) is 5.94. The lowest BCUT2D eigenvalue weighted by atomic mass is 10.2. The van der Waals surface area contributed by atoms with E-state index >= 15 is 0 Å². The van der Waals surface area contributed by atoms with Crippen molar-refractivity contribution in [3.8, 4) is 17.2 Å². The van der Waals surface area contributed by atoms with Gasteiger partial charge >= 0.3 is 0 Å². The molecule has 0 aromatic heterocycles. The zero-order valence-electron chi connectivity index (χ0n) is 16.8. The smallest absolute Gasteiger partial charge is 0.191 e. The molecule has 0 aliphatic carbocycles. The minimum Gasteiger partial charge on any atom is -0.493 e. The first kappa shape index (κ1) is 21.3. The van der Waals surface area contributed by atoms with Crippen LogP contribution in [0.3, 0.4) is 0 Å². The van der Waals surface area contributed by atoms with E-state index in [2.05, 4.69) is 15.6 Å². The summed E-state index contributed by atoms with van der Waals surface area (Å²) in [5.41, 5.74) is 1.79.